The van der Waals surface area contributed by atoms with Gasteiger partial charge in [0.1, 0.15) is 17.3 Å². The predicted molar refractivity (Wildman–Crippen MR) is 114 cm³/mol. The molecular weight excluding hydrogens is 401 g/mol. The molecule has 7 nitrogen and oxygen atoms in total. The third kappa shape index (κ3) is 4.80. The molecule has 31 heavy (non-hydrogen) atoms. The minimum atomic E-state index is -0.420. The summed E-state index contributed by atoms with van der Waals surface area (Å²) in [5, 5.41) is 10.8. The average molecular weight is 421 g/mol. The fourth-order valence-corrected chi connectivity index (χ4v) is 3.44. The van der Waals surface area contributed by atoms with Crippen LogP contribution in [-0.2, 0) is 0 Å². The summed E-state index contributed by atoms with van der Waals surface area (Å²) < 4.78 is 18.6. The first-order chi connectivity index (χ1) is 15.0. The minimum Gasteiger partial charge on any atom is -0.457 e. The second kappa shape index (κ2) is 8.83. The molecule has 3 aromatic carbocycles. The van der Waals surface area contributed by atoms with Crippen molar-refractivity contribution in [2.75, 3.05) is 31.1 Å². The lowest BCUT2D eigenvalue weighted by atomic mass is 10.1. The van der Waals surface area contributed by atoms with Crippen LogP contribution in [0.25, 0.3) is 0 Å². The fraction of sp³-hybridized carbons (Fsp3) is 0.174. The van der Waals surface area contributed by atoms with E-state index in [1.54, 1.807) is 53.4 Å². The van der Waals surface area contributed by atoms with E-state index in [0.717, 1.165) is 5.69 Å². The molecule has 1 fully saturated rings. The number of hydrogen-bond acceptors (Lipinski definition) is 5. The van der Waals surface area contributed by atoms with Crippen LogP contribution >= 0.6 is 0 Å². The normalized spacial score (nSPS) is 13.7. The third-order valence-corrected chi connectivity index (χ3v) is 5.14. The van der Waals surface area contributed by atoms with Gasteiger partial charge in [-0.2, -0.15) is 0 Å². The van der Waals surface area contributed by atoms with Gasteiger partial charge in [0.15, 0.2) is 0 Å². The van der Waals surface area contributed by atoms with Crippen molar-refractivity contribution in [3.8, 4) is 11.5 Å². The Morgan fingerprint density at radius 3 is 1.94 bits per heavy atom. The molecular formula is C23H20FN3O4. The van der Waals surface area contributed by atoms with Crippen molar-refractivity contribution in [2.45, 2.75) is 0 Å². The summed E-state index contributed by atoms with van der Waals surface area (Å²) in [5.74, 6) is 0.688. The van der Waals surface area contributed by atoms with E-state index in [9.17, 15) is 19.3 Å². The van der Waals surface area contributed by atoms with Crippen LogP contribution in [0.2, 0.25) is 0 Å². The highest BCUT2D eigenvalue weighted by Crippen LogP contribution is 2.24. The first-order valence-corrected chi connectivity index (χ1v) is 9.82. The van der Waals surface area contributed by atoms with E-state index >= 15 is 0 Å². The number of nitro groups is 1. The number of piperazine rings is 1. The van der Waals surface area contributed by atoms with Crippen LogP contribution in [0.1, 0.15) is 10.4 Å². The van der Waals surface area contributed by atoms with Crippen LogP contribution in [-0.4, -0.2) is 41.9 Å². The molecule has 1 heterocycles. The topological polar surface area (TPSA) is 75.9 Å². The summed E-state index contributed by atoms with van der Waals surface area (Å²) in [5.41, 5.74) is 1.53. The molecule has 1 aliphatic heterocycles. The lowest BCUT2D eigenvalue weighted by Gasteiger charge is -2.36. The molecule has 0 unspecified atom stereocenters. The number of amides is 1. The number of hydrogen-bond donors (Lipinski definition) is 0. The zero-order valence-corrected chi connectivity index (χ0v) is 16.6. The van der Waals surface area contributed by atoms with Crippen LogP contribution in [0.15, 0.2) is 72.8 Å². The van der Waals surface area contributed by atoms with Crippen molar-refractivity contribution < 1.29 is 18.8 Å². The van der Waals surface area contributed by atoms with Crippen molar-refractivity contribution in [3.05, 3.63) is 94.3 Å². The molecule has 4 rings (SSSR count). The SMILES string of the molecule is O=C(c1ccc(Oc2ccc(F)cc2)cc1)N1CCN(c2ccc([N+](=O)[O-])cc2)CC1. The van der Waals surface area contributed by atoms with E-state index in [0.29, 0.717) is 43.2 Å². The van der Waals surface area contributed by atoms with Crippen molar-refractivity contribution in [1.29, 1.82) is 0 Å². The maximum Gasteiger partial charge on any atom is 0.269 e. The van der Waals surface area contributed by atoms with Gasteiger partial charge < -0.3 is 14.5 Å². The monoisotopic (exact) mass is 421 g/mol. The molecule has 8 heteroatoms. The van der Waals surface area contributed by atoms with Crippen molar-refractivity contribution in [1.82, 2.24) is 4.90 Å². The maximum atomic E-state index is 13.0. The van der Waals surface area contributed by atoms with E-state index in [2.05, 4.69) is 4.90 Å². The molecule has 3 aromatic rings. The highest BCUT2D eigenvalue weighted by molar-refractivity contribution is 5.94. The number of carbonyl (C=O) groups excluding carboxylic acids is 1. The summed E-state index contributed by atoms with van der Waals surface area (Å²) >= 11 is 0. The molecule has 0 aromatic heterocycles. The number of ether oxygens (including phenoxy) is 1. The Balaban J connectivity index is 1.33. The van der Waals surface area contributed by atoms with Crippen LogP contribution in [0.5, 0.6) is 11.5 Å². The standard InChI is InChI=1S/C23H20FN3O4/c24-18-3-11-22(12-4-18)31-21-9-1-17(2-10-21)23(28)26-15-13-25(14-16-26)19-5-7-20(8-6-19)27(29)30/h1-12H,13-16H2. The number of nitrogens with zero attached hydrogens (tertiary/aromatic N) is 3. The van der Waals surface area contributed by atoms with E-state index in [-0.39, 0.29) is 17.4 Å². The van der Waals surface area contributed by atoms with E-state index in [1.807, 2.05) is 0 Å². The van der Waals surface area contributed by atoms with Gasteiger partial charge in [-0.05, 0) is 60.7 Å². The molecule has 0 radical (unpaired) electrons. The zero-order valence-electron chi connectivity index (χ0n) is 16.6. The number of nitro benzene ring substituents is 1. The summed E-state index contributed by atoms with van der Waals surface area (Å²) in [6, 6.07) is 19.0. The predicted octanol–water partition coefficient (Wildman–Crippen LogP) is 4.49. The van der Waals surface area contributed by atoms with E-state index in [4.69, 9.17) is 4.74 Å². The molecule has 0 N–H and O–H groups in total. The van der Waals surface area contributed by atoms with Gasteiger partial charge >= 0.3 is 0 Å². The molecule has 0 aliphatic carbocycles. The molecule has 158 valence electrons. The van der Waals surface area contributed by atoms with Crippen molar-refractivity contribution in [3.63, 3.8) is 0 Å². The molecule has 1 amide bonds. The van der Waals surface area contributed by atoms with Crippen LogP contribution in [0, 0.1) is 15.9 Å². The van der Waals surface area contributed by atoms with Gasteiger partial charge in [0.05, 0.1) is 4.92 Å². The fourth-order valence-electron chi connectivity index (χ4n) is 3.44. The largest absolute Gasteiger partial charge is 0.457 e. The number of benzene rings is 3. The molecule has 0 saturated carbocycles. The lowest BCUT2D eigenvalue weighted by molar-refractivity contribution is -0.384. The smallest absolute Gasteiger partial charge is 0.269 e. The van der Waals surface area contributed by atoms with Gasteiger partial charge in [-0.3, -0.25) is 14.9 Å². The quantitative estimate of drug-likeness (QED) is 0.448. The Bertz CT molecular complexity index is 1060. The van der Waals surface area contributed by atoms with Crippen LogP contribution < -0.4 is 9.64 Å². The van der Waals surface area contributed by atoms with Gasteiger partial charge in [0, 0.05) is 49.6 Å². The van der Waals surface area contributed by atoms with E-state index < -0.39 is 4.92 Å². The number of anilines is 1. The maximum absolute atomic E-state index is 13.0. The molecule has 0 bridgehead atoms. The van der Waals surface area contributed by atoms with E-state index in [1.165, 1.54) is 24.3 Å². The van der Waals surface area contributed by atoms with Gasteiger partial charge in [0.2, 0.25) is 0 Å². The number of carbonyl (C=O) groups is 1. The van der Waals surface area contributed by atoms with Gasteiger partial charge in [-0.15, -0.1) is 0 Å². The molecule has 1 saturated heterocycles. The number of rotatable bonds is 5. The Labute approximate surface area is 178 Å². The van der Waals surface area contributed by atoms with Crippen LogP contribution in [0.3, 0.4) is 0 Å². The number of non-ortho nitro benzene ring substituents is 1. The molecule has 0 atom stereocenters. The second-order valence-electron chi connectivity index (χ2n) is 7.13. The summed E-state index contributed by atoms with van der Waals surface area (Å²) in [6.45, 7) is 2.41. The lowest BCUT2D eigenvalue weighted by Crippen LogP contribution is -2.48. The Kier molecular flexibility index (Phi) is 5.79. The molecule has 0 spiro atoms. The van der Waals surface area contributed by atoms with Gasteiger partial charge in [0.25, 0.3) is 11.6 Å². The first kappa shape index (κ1) is 20.3. The number of halogens is 1. The zero-order chi connectivity index (χ0) is 21.8. The Hall–Kier alpha value is -3.94. The first-order valence-electron chi connectivity index (χ1n) is 9.82. The summed E-state index contributed by atoms with van der Waals surface area (Å²) in [7, 11) is 0. The highest BCUT2D eigenvalue weighted by atomic mass is 19.1. The Morgan fingerprint density at radius 2 is 1.39 bits per heavy atom. The van der Waals surface area contributed by atoms with Crippen molar-refractivity contribution >= 4 is 17.3 Å². The average Bonchev–Trinajstić information content (AvgIpc) is 2.81. The summed E-state index contributed by atoms with van der Waals surface area (Å²) in [6.07, 6.45) is 0. The molecule has 1 aliphatic rings. The van der Waals surface area contributed by atoms with Gasteiger partial charge in [-0.1, -0.05) is 0 Å². The minimum absolute atomic E-state index is 0.0586. The van der Waals surface area contributed by atoms with Crippen molar-refractivity contribution in [2.24, 2.45) is 0 Å². The highest BCUT2D eigenvalue weighted by Gasteiger charge is 2.22. The summed E-state index contributed by atoms with van der Waals surface area (Å²) in [4.78, 5) is 27.1. The second-order valence-corrected chi connectivity index (χ2v) is 7.13. The third-order valence-electron chi connectivity index (χ3n) is 5.14. The van der Waals surface area contributed by atoms with Gasteiger partial charge in [-0.25, -0.2) is 4.39 Å². The Morgan fingerprint density at radius 1 is 0.839 bits per heavy atom. The van der Waals surface area contributed by atoms with Crippen LogP contribution in [0.4, 0.5) is 15.8 Å².